The third kappa shape index (κ3) is 4.33. The van der Waals surface area contributed by atoms with Crippen LogP contribution in [-0.4, -0.2) is 11.7 Å². The van der Waals surface area contributed by atoms with E-state index in [-0.39, 0.29) is 5.56 Å². The summed E-state index contributed by atoms with van der Waals surface area (Å²) in [7, 11) is 0. The van der Waals surface area contributed by atoms with Crippen LogP contribution in [0, 0.1) is 5.92 Å². The van der Waals surface area contributed by atoms with Crippen LogP contribution in [0.3, 0.4) is 0 Å². The van der Waals surface area contributed by atoms with Gasteiger partial charge in [0.15, 0.2) is 0 Å². The van der Waals surface area contributed by atoms with Gasteiger partial charge in [0.1, 0.15) is 5.56 Å². The summed E-state index contributed by atoms with van der Waals surface area (Å²) in [6, 6.07) is 0. The van der Waals surface area contributed by atoms with Gasteiger partial charge in [0.2, 0.25) is 0 Å². The normalized spacial score (nSPS) is 23.1. The zero-order valence-electron chi connectivity index (χ0n) is 8.76. The molecule has 1 aliphatic carbocycles. The van der Waals surface area contributed by atoms with Gasteiger partial charge in [-0.25, -0.2) is 0 Å². The Balaban J connectivity index is 2.25. The Morgan fingerprint density at radius 2 is 1.62 bits per heavy atom. The molecule has 0 aromatic heterocycles. The van der Waals surface area contributed by atoms with E-state index in [1.165, 1.54) is 38.5 Å². The Labute approximate surface area is 86.8 Å². The monoisotopic (exact) mass is 204 g/mol. The summed E-state index contributed by atoms with van der Waals surface area (Å²) >= 11 is 6.08. The van der Waals surface area contributed by atoms with Crippen molar-refractivity contribution in [3.05, 3.63) is 0 Å². The predicted molar refractivity (Wildman–Crippen MR) is 57.1 cm³/mol. The molecule has 0 saturated heterocycles. The molecule has 0 aliphatic heterocycles. The fourth-order valence-corrected chi connectivity index (χ4v) is 1.86. The van der Waals surface area contributed by atoms with Gasteiger partial charge in [0, 0.05) is 0 Å². The lowest BCUT2D eigenvalue weighted by Crippen LogP contribution is -2.21. The van der Waals surface area contributed by atoms with Gasteiger partial charge in [-0.05, 0) is 18.8 Å². The fourth-order valence-electron chi connectivity index (χ4n) is 1.72. The van der Waals surface area contributed by atoms with Crippen molar-refractivity contribution in [3.8, 4) is 0 Å². The first kappa shape index (κ1) is 11.3. The van der Waals surface area contributed by atoms with Gasteiger partial charge in [-0.1, -0.05) is 51.1 Å². The van der Waals surface area contributed by atoms with Gasteiger partial charge in [-0.2, -0.15) is 0 Å². The SMILES string of the molecule is CC(C)C(Cl)OC1CCCCCC1. The minimum Gasteiger partial charge on any atom is -0.359 e. The first-order valence-electron chi connectivity index (χ1n) is 5.49. The Morgan fingerprint density at radius 1 is 1.08 bits per heavy atom. The highest BCUT2D eigenvalue weighted by Gasteiger charge is 2.18. The lowest BCUT2D eigenvalue weighted by molar-refractivity contribution is 0.00216. The highest BCUT2D eigenvalue weighted by Crippen LogP contribution is 2.23. The maximum absolute atomic E-state index is 6.08. The summed E-state index contributed by atoms with van der Waals surface area (Å²) in [4.78, 5) is 0. The van der Waals surface area contributed by atoms with E-state index in [9.17, 15) is 0 Å². The maximum atomic E-state index is 6.08. The summed E-state index contributed by atoms with van der Waals surface area (Å²) in [5, 5.41) is 0. The Morgan fingerprint density at radius 3 is 2.08 bits per heavy atom. The third-order valence-electron chi connectivity index (χ3n) is 2.65. The third-order valence-corrected chi connectivity index (χ3v) is 3.26. The van der Waals surface area contributed by atoms with E-state index in [4.69, 9.17) is 16.3 Å². The number of rotatable bonds is 3. The average molecular weight is 205 g/mol. The fraction of sp³-hybridized carbons (Fsp3) is 1.00. The number of halogens is 1. The molecule has 0 aromatic rings. The van der Waals surface area contributed by atoms with Crippen molar-refractivity contribution in [1.82, 2.24) is 0 Å². The van der Waals surface area contributed by atoms with Crippen molar-refractivity contribution < 1.29 is 4.74 Å². The minimum absolute atomic E-state index is 0.0944. The minimum atomic E-state index is -0.0944. The second-order valence-corrected chi connectivity index (χ2v) is 4.77. The van der Waals surface area contributed by atoms with Crippen LogP contribution in [0.25, 0.3) is 0 Å². The average Bonchev–Trinajstić information content (AvgIpc) is 2.32. The summed E-state index contributed by atoms with van der Waals surface area (Å²) in [6.07, 6.45) is 8.19. The topological polar surface area (TPSA) is 9.23 Å². The van der Waals surface area contributed by atoms with Crippen LogP contribution in [0.5, 0.6) is 0 Å². The van der Waals surface area contributed by atoms with Gasteiger partial charge >= 0.3 is 0 Å². The molecule has 1 saturated carbocycles. The molecular weight excluding hydrogens is 184 g/mol. The summed E-state index contributed by atoms with van der Waals surface area (Å²) < 4.78 is 5.80. The van der Waals surface area contributed by atoms with Gasteiger partial charge in [0.25, 0.3) is 0 Å². The van der Waals surface area contributed by atoms with E-state index >= 15 is 0 Å². The molecule has 1 rings (SSSR count). The zero-order valence-corrected chi connectivity index (χ0v) is 9.52. The van der Waals surface area contributed by atoms with Crippen LogP contribution in [0.4, 0.5) is 0 Å². The summed E-state index contributed by atoms with van der Waals surface area (Å²) in [5.74, 6) is 0.421. The number of hydrogen-bond donors (Lipinski definition) is 0. The first-order valence-corrected chi connectivity index (χ1v) is 5.93. The van der Waals surface area contributed by atoms with Crippen molar-refractivity contribution in [2.75, 3.05) is 0 Å². The molecule has 1 atom stereocenters. The van der Waals surface area contributed by atoms with Crippen molar-refractivity contribution in [1.29, 1.82) is 0 Å². The van der Waals surface area contributed by atoms with Gasteiger partial charge in [0.05, 0.1) is 6.10 Å². The van der Waals surface area contributed by atoms with Crippen molar-refractivity contribution in [2.24, 2.45) is 5.92 Å². The lowest BCUT2D eigenvalue weighted by atomic mass is 10.1. The van der Waals surface area contributed by atoms with Crippen molar-refractivity contribution in [3.63, 3.8) is 0 Å². The molecule has 1 fully saturated rings. The van der Waals surface area contributed by atoms with Gasteiger partial charge in [-0.15, -0.1) is 0 Å². The lowest BCUT2D eigenvalue weighted by Gasteiger charge is -2.21. The highest BCUT2D eigenvalue weighted by atomic mass is 35.5. The molecule has 0 spiro atoms. The van der Waals surface area contributed by atoms with Crippen molar-refractivity contribution in [2.45, 2.75) is 64.0 Å². The van der Waals surface area contributed by atoms with Crippen LogP contribution in [0.2, 0.25) is 0 Å². The summed E-state index contributed by atoms with van der Waals surface area (Å²) in [6.45, 7) is 4.21. The van der Waals surface area contributed by atoms with E-state index in [1.54, 1.807) is 0 Å². The van der Waals surface area contributed by atoms with E-state index in [1.807, 2.05) is 0 Å². The second-order valence-electron chi connectivity index (χ2n) is 4.34. The van der Waals surface area contributed by atoms with E-state index in [0.29, 0.717) is 12.0 Å². The van der Waals surface area contributed by atoms with E-state index < -0.39 is 0 Å². The molecule has 0 radical (unpaired) electrons. The quantitative estimate of drug-likeness (QED) is 0.500. The van der Waals surface area contributed by atoms with Crippen LogP contribution in [-0.2, 0) is 4.74 Å². The van der Waals surface area contributed by atoms with E-state index in [0.717, 1.165) is 0 Å². The Hall–Kier alpha value is 0.250. The van der Waals surface area contributed by atoms with Gasteiger partial charge < -0.3 is 4.74 Å². The highest BCUT2D eigenvalue weighted by molar-refractivity contribution is 6.19. The maximum Gasteiger partial charge on any atom is 0.133 e. The van der Waals surface area contributed by atoms with Crippen LogP contribution in [0.15, 0.2) is 0 Å². The molecule has 0 bridgehead atoms. The molecule has 1 unspecified atom stereocenters. The second kappa shape index (κ2) is 5.87. The molecule has 0 amide bonds. The number of alkyl halides is 1. The van der Waals surface area contributed by atoms with Crippen molar-refractivity contribution >= 4 is 11.6 Å². The smallest absolute Gasteiger partial charge is 0.133 e. The number of hydrogen-bond acceptors (Lipinski definition) is 1. The first-order chi connectivity index (χ1) is 6.20. The molecular formula is C11H21ClO. The largest absolute Gasteiger partial charge is 0.359 e. The molecule has 0 aromatic carbocycles. The molecule has 1 nitrogen and oxygen atoms in total. The van der Waals surface area contributed by atoms with E-state index in [2.05, 4.69) is 13.8 Å². The van der Waals surface area contributed by atoms with Crippen LogP contribution >= 0.6 is 11.6 Å². The molecule has 0 heterocycles. The van der Waals surface area contributed by atoms with Gasteiger partial charge in [-0.3, -0.25) is 0 Å². The Bertz CT molecular complexity index is 128. The summed E-state index contributed by atoms with van der Waals surface area (Å²) in [5.41, 5.74) is -0.0944. The molecule has 0 N–H and O–H groups in total. The molecule has 13 heavy (non-hydrogen) atoms. The standard InChI is InChI=1S/C11H21ClO/c1-9(2)11(12)13-10-7-5-3-4-6-8-10/h9-11H,3-8H2,1-2H3. The number of ether oxygens (including phenoxy) is 1. The Kier molecular flexibility index (Phi) is 5.12. The molecule has 1 aliphatic rings. The zero-order chi connectivity index (χ0) is 9.68. The molecule has 2 heteroatoms. The predicted octanol–water partition coefficient (Wildman–Crippen LogP) is 3.95. The van der Waals surface area contributed by atoms with Crippen LogP contribution in [0.1, 0.15) is 52.4 Å². The molecule has 78 valence electrons. The van der Waals surface area contributed by atoms with Crippen LogP contribution < -0.4 is 0 Å².